The Morgan fingerprint density at radius 1 is 0.927 bits per heavy atom. The molecule has 0 aliphatic rings. The molecule has 3 aromatic carbocycles. The molecule has 8 heteroatoms. The first kappa shape index (κ1) is 29.9. The lowest BCUT2D eigenvalue weighted by Crippen LogP contribution is -2.08. The number of hydrogen-bond acceptors (Lipinski definition) is 7. The molecule has 0 radical (unpaired) electrons. The van der Waals surface area contributed by atoms with Gasteiger partial charge in [-0.3, -0.25) is 9.78 Å². The van der Waals surface area contributed by atoms with Gasteiger partial charge in [0, 0.05) is 6.42 Å². The van der Waals surface area contributed by atoms with Gasteiger partial charge in [-0.15, -0.1) is 0 Å². The second-order valence-electron chi connectivity index (χ2n) is 9.75. The van der Waals surface area contributed by atoms with Crippen LogP contribution in [-0.4, -0.2) is 36.1 Å². The van der Waals surface area contributed by atoms with E-state index in [1.165, 1.54) is 11.1 Å². The Labute approximate surface area is 245 Å². The number of aromatic hydroxyl groups is 1. The van der Waals surface area contributed by atoms with Gasteiger partial charge in [-0.2, -0.15) is 0 Å². The molecule has 0 amide bonds. The van der Waals surface area contributed by atoms with Crippen LogP contribution >= 0.6 is 11.3 Å². The average Bonchev–Trinajstić information content (AvgIpc) is 3.33. The van der Waals surface area contributed by atoms with E-state index in [0.29, 0.717) is 18.1 Å². The van der Waals surface area contributed by atoms with Crippen LogP contribution in [-0.2, 0) is 17.7 Å². The standard InChI is InChI=1S/C33H38N2O5S/c1-3-10-27-23-26(29(35-38-2)14-8-7-13-24-11-5-4-6-12-24)17-20-30(27)40-22-9-21-39-28-18-15-25(16-19-28)31-32(36)34-33(37)41-31/h4-6,11-12,15-20,23,36H,3,7-10,13-14,21-22H2,1-2H3,(H,34,37). The molecule has 1 heterocycles. The molecular weight excluding hydrogens is 536 g/mol. The van der Waals surface area contributed by atoms with Crippen molar-refractivity contribution in [3.8, 4) is 27.8 Å². The molecule has 0 saturated carbocycles. The Balaban J connectivity index is 1.26. The molecule has 4 rings (SSSR count). The third-order valence-electron chi connectivity index (χ3n) is 6.65. The van der Waals surface area contributed by atoms with Crippen molar-refractivity contribution < 1.29 is 19.4 Å². The van der Waals surface area contributed by atoms with Crippen molar-refractivity contribution in [2.75, 3.05) is 20.3 Å². The number of H-pyrrole nitrogens is 1. The summed E-state index contributed by atoms with van der Waals surface area (Å²) >= 11 is 0.977. The van der Waals surface area contributed by atoms with Gasteiger partial charge in [0.25, 0.3) is 0 Å². The molecule has 0 unspecified atom stereocenters. The van der Waals surface area contributed by atoms with Crippen LogP contribution in [0.4, 0.5) is 0 Å². The number of aromatic nitrogens is 1. The number of rotatable bonds is 16. The highest BCUT2D eigenvalue weighted by atomic mass is 32.1. The predicted octanol–water partition coefficient (Wildman–Crippen LogP) is 7.37. The molecule has 0 aliphatic carbocycles. The first-order chi connectivity index (χ1) is 20.1. The van der Waals surface area contributed by atoms with Gasteiger partial charge >= 0.3 is 4.87 Å². The maximum absolute atomic E-state index is 11.4. The van der Waals surface area contributed by atoms with E-state index in [0.717, 1.165) is 84.6 Å². The molecule has 4 aromatic rings. The first-order valence-electron chi connectivity index (χ1n) is 14.1. The van der Waals surface area contributed by atoms with Gasteiger partial charge in [0.1, 0.15) is 18.6 Å². The van der Waals surface area contributed by atoms with Crippen molar-refractivity contribution in [2.45, 2.75) is 51.9 Å². The Morgan fingerprint density at radius 3 is 2.41 bits per heavy atom. The molecule has 0 spiro atoms. The molecule has 216 valence electrons. The molecule has 0 saturated heterocycles. The van der Waals surface area contributed by atoms with Crippen molar-refractivity contribution in [1.29, 1.82) is 0 Å². The summed E-state index contributed by atoms with van der Waals surface area (Å²) < 4.78 is 12.0. The zero-order valence-corrected chi connectivity index (χ0v) is 24.5. The van der Waals surface area contributed by atoms with Crippen molar-refractivity contribution in [1.82, 2.24) is 4.98 Å². The van der Waals surface area contributed by atoms with Crippen molar-refractivity contribution >= 4 is 17.0 Å². The number of oxime groups is 1. The minimum Gasteiger partial charge on any atom is -0.493 e. The highest BCUT2D eigenvalue weighted by Crippen LogP contribution is 2.31. The van der Waals surface area contributed by atoms with Gasteiger partial charge < -0.3 is 19.4 Å². The Hall–Kier alpha value is -4.04. The van der Waals surface area contributed by atoms with Gasteiger partial charge in [0.2, 0.25) is 5.88 Å². The Bertz CT molecular complexity index is 1440. The minimum absolute atomic E-state index is 0.109. The van der Waals surface area contributed by atoms with Gasteiger partial charge in [-0.1, -0.05) is 60.2 Å². The maximum atomic E-state index is 11.4. The van der Waals surface area contributed by atoms with Crippen LogP contribution < -0.4 is 14.3 Å². The highest BCUT2D eigenvalue weighted by molar-refractivity contribution is 7.13. The maximum Gasteiger partial charge on any atom is 0.307 e. The van der Waals surface area contributed by atoms with Crippen molar-refractivity contribution in [3.63, 3.8) is 0 Å². The molecular formula is C33H38N2O5S. The third kappa shape index (κ3) is 8.98. The summed E-state index contributed by atoms with van der Waals surface area (Å²) in [5.74, 6) is 1.51. The van der Waals surface area contributed by atoms with E-state index >= 15 is 0 Å². The lowest BCUT2D eigenvalue weighted by atomic mass is 9.98. The summed E-state index contributed by atoms with van der Waals surface area (Å²) in [5, 5.41) is 14.2. The zero-order valence-electron chi connectivity index (χ0n) is 23.7. The number of nitrogens with zero attached hydrogens (tertiary/aromatic N) is 1. The molecule has 41 heavy (non-hydrogen) atoms. The SMILES string of the molecule is CCCc1cc(C(CCCCc2ccccc2)=NOC)ccc1OCCCOc1ccc(-c2sc(=O)[nH]c2O)cc1. The molecule has 0 fully saturated rings. The van der Waals surface area contributed by atoms with E-state index in [4.69, 9.17) is 14.3 Å². The molecule has 1 aromatic heterocycles. The summed E-state index contributed by atoms with van der Waals surface area (Å²) in [5.41, 5.74) is 5.34. The topological polar surface area (TPSA) is 93.1 Å². The van der Waals surface area contributed by atoms with E-state index < -0.39 is 0 Å². The largest absolute Gasteiger partial charge is 0.493 e. The monoisotopic (exact) mass is 574 g/mol. The zero-order chi connectivity index (χ0) is 28.9. The number of aromatic amines is 1. The van der Waals surface area contributed by atoms with Crippen LogP contribution in [0.15, 0.2) is 82.7 Å². The molecule has 0 bridgehead atoms. The van der Waals surface area contributed by atoms with Crippen LogP contribution in [0.2, 0.25) is 0 Å². The van der Waals surface area contributed by atoms with Gasteiger partial charge in [-0.25, -0.2) is 0 Å². The van der Waals surface area contributed by atoms with Crippen LogP contribution in [0.5, 0.6) is 17.4 Å². The Kier molecular flexibility index (Phi) is 11.4. The molecule has 0 atom stereocenters. The second-order valence-corrected chi connectivity index (χ2v) is 10.7. The van der Waals surface area contributed by atoms with E-state index in [-0.39, 0.29) is 10.8 Å². The number of aryl methyl sites for hydroxylation is 2. The van der Waals surface area contributed by atoms with Crippen molar-refractivity contribution in [3.05, 3.63) is 99.2 Å². The summed E-state index contributed by atoms with van der Waals surface area (Å²) in [6.07, 6.45) is 6.73. The number of thiazole rings is 1. The minimum atomic E-state index is -0.285. The van der Waals surface area contributed by atoms with Gasteiger partial charge in [-0.05, 0) is 96.8 Å². The summed E-state index contributed by atoms with van der Waals surface area (Å²) in [4.78, 5) is 19.2. The number of ether oxygens (including phenoxy) is 2. The lowest BCUT2D eigenvalue weighted by Gasteiger charge is -2.14. The fourth-order valence-corrected chi connectivity index (χ4v) is 5.37. The van der Waals surface area contributed by atoms with Gasteiger partial charge in [0.15, 0.2) is 0 Å². The first-order valence-corrected chi connectivity index (χ1v) is 14.9. The number of nitrogens with one attached hydrogen (secondary N) is 1. The van der Waals surface area contributed by atoms with E-state index in [1.54, 1.807) is 7.11 Å². The average molecular weight is 575 g/mol. The fraction of sp³-hybridized carbons (Fsp3) is 0.333. The van der Waals surface area contributed by atoms with E-state index in [2.05, 4.69) is 59.5 Å². The quantitative estimate of drug-likeness (QED) is 0.0828. The van der Waals surface area contributed by atoms with Crippen LogP contribution in [0.3, 0.4) is 0 Å². The van der Waals surface area contributed by atoms with Crippen LogP contribution in [0.1, 0.15) is 55.7 Å². The number of unbranched alkanes of at least 4 members (excludes halogenated alkanes) is 1. The van der Waals surface area contributed by atoms with E-state index in [1.807, 2.05) is 30.3 Å². The molecule has 7 nitrogen and oxygen atoms in total. The number of benzene rings is 3. The lowest BCUT2D eigenvalue weighted by molar-refractivity contribution is 0.212. The smallest absolute Gasteiger partial charge is 0.307 e. The number of hydrogen-bond donors (Lipinski definition) is 2. The third-order valence-corrected chi connectivity index (χ3v) is 7.57. The summed E-state index contributed by atoms with van der Waals surface area (Å²) in [6.45, 7) is 3.22. The molecule has 2 N–H and O–H groups in total. The van der Waals surface area contributed by atoms with Crippen LogP contribution in [0.25, 0.3) is 10.4 Å². The fourth-order valence-electron chi connectivity index (χ4n) is 4.63. The Morgan fingerprint density at radius 2 is 1.71 bits per heavy atom. The van der Waals surface area contributed by atoms with Crippen LogP contribution in [0, 0.1) is 0 Å². The van der Waals surface area contributed by atoms with E-state index in [9.17, 15) is 9.90 Å². The molecule has 0 aliphatic heterocycles. The summed E-state index contributed by atoms with van der Waals surface area (Å²) in [6, 6.07) is 24.2. The second kappa shape index (κ2) is 15.7. The summed E-state index contributed by atoms with van der Waals surface area (Å²) in [7, 11) is 1.60. The van der Waals surface area contributed by atoms with Gasteiger partial charge in [0.05, 0.1) is 23.8 Å². The predicted molar refractivity (Wildman–Crippen MR) is 166 cm³/mol. The van der Waals surface area contributed by atoms with Crippen molar-refractivity contribution in [2.24, 2.45) is 5.16 Å². The normalized spacial score (nSPS) is 11.4. The highest BCUT2D eigenvalue weighted by Gasteiger charge is 2.12.